The summed E-state index contributed by atoms with van der Waals surface area (Å²) in [6.45, 7) is 4.78. The van der Waals surface area contributed by atoms with Crippen molar-refractivity contribution in [2.75, 3.05) is 12.3 Å². The highest BCUT2D eigenvalue weighted by molar-refractivity contribution is 7.99. The molecule has 5 nitrogen and oxygen atoms in total. The SMILES string of the molecule is CCCNC(C)(CCCSc1cnn(C)c1)C(N)=O. The predicted molar refractivity (Wildman–Crippen MR) is 79.1 cm³/mol. The standard InChI is InChI=1S/C13H24N4OS/c1-4-7-15-13(2,12(14)18)6-5-8-19-11-9-16-17(3)10-11/h9-10,15H,4-8H2,1-3H3,(H2,14,18). The number of amides is 1. The van der Waals surface area contributed by atoms with Gasteiger partial charge in [-0.3, -0.25) is 9.48 Å². The highest BCUT2D eigenvalue weighted by Gasteiger charge is 2.29. The van der Waals surface area contributed by atoms with Crippen LogP contribution in [0, 0.1) is 0 Å². The predicted octanol–water partition coefficient (Wildman–Crippen LogP) is 1.54. The largest absolute Gasteiger partial charge is 0.368 e. The maximum absolute atomic E-state index is 11.5. The van der Waals surface area contributed by atoms with E-state index in [1.807, 2.05) is 26.4 Å². The van der Waals surface area contributed by atoms with Crippen LogP contribution in [-0.2, 0) is 11.8 Å². The highest BCUT2D eigenvalue weighted by Crippen LogP contribution is 2.20. The molecular weight excluding hydrogens is 260 g/mol. The summed E-state index contributed by atoms with van der Waals surface area (Å²) in [7, 11) is 1.91. The van der Waals surface area contributed by atoms with E-state index in [4.69, 9.17) is 5.73 Å². The van der Waals surface area contributed by atoms with Crippen LogP contribution in [0.1, 0.15) is 33.1 Å². The fraction of sp³-hybridized carbons (Fsp3) is 0.692. The number of primary amides is 1. The Bertz CT molecular complexity index is 407. The van der Waals surface area contributed by atoms with Crippen molar-refractivity contribution in [1.82, 2.24) is 15.1 Å². The molecule has 0 fully saturated rings. The molecule has 0 spiro atoms. The Kier molecular flexibility index (Phi) is 6.37. The van der Waals surface area contributed by atoms with Crippen molar-refractivity contribution in [2.45, 2.75) is 43.5 Å². The van der Waals surface area contributed by atoms with Crippen LogP contribution in [-0.4, -0.2) is 33.5 Å². The van der Waals surface area contributed by atoms with Gasteiger partial charge in [-0.25, -0.2) is 0 Å². The van der Waals surface area contributed by atoms with Crippen LogP contribution in [0.25, 0.3) is 0 Å². The number of hydrogen-bond acceptors (Lipinski definition) is 4. The maximum atomic E-state index is 11.5. The molecule has 0 saturated carbocycles. The number of carbonyl (C=O) groups is 1. The van der Waals surface area contributed by atoms with Crippen molar-refractivity contribution in [1.29, 1.82) is 0 Å². The zero-order valence-corrected chi connectivity index (χ0v) is 12.8. The molecule has 108 valence electrons. The Morgan fingerprint density at radius 2 is 2.37 bits per heavy atom. The van der Waals surface area contributed by atoms with Gasteiger partial charge in [0.1, 0.15) is 0 Å². The number of aromatic nitrogens is 2. The van der Waals surface area contributed by atoms with Crippen molar-refractivity contribution < 1.29 is 4.79 Å². The number of nitrogens with two attached hydrogens (primary N) is 1. The normalized spacial score (nSPS) is 14.3. The molecule has 0 aromatic carbocycles. The van der Waals surface area contributed by atoms with Crippen LogP contribution in [0.4, 0.5) is 0 Å². The third kappa shape index (κ3) is 5.24. The minimum atomic E-state index is -0.592. The maximum Gasteiger partial charge on any atom is 0.237 e. The van der Waals surface area contributed by atoms with Crippen LogP contribution in [0.5, 0.6) is 0 Å². The second-order valence-electron chi connectivity index (χ2n) is 4.92. The van der Waals surface area contributed by atoms with Gasteiger partial charge in [0.25, 0.3) is 0 Å². The third-order valence-corrected chi connectivity index (χ3v) is 4.12. The highest BCUT2D eigenvalue weighted by atomic mass is 32.2. The first-order chi connectivity index (χ1) is 8.98. The summed E-state index contributed by atoms with van der Waals surface area (Å²) in [6.07, 6.45) is 6.54. The van der Waals surface area contributed by atoms with Gasteiger partial charge in [0, 0.05) is 18.1 Å². The first kappa shape index (κ1) is 16.0. The van der Waals surface area contributed by atoms with E-state index < -0.39 is 5.54 Å². The fourth-order valence-electron chi connectivity index (χ4n) is 1.79. The van der Waals surface area contributed by atoms with E-state index in [9.17, 15) is 4.79 Å². The third-order valence-electron chi connectivity index (χ3n) is 3.08. The van der Waals surface area contributed by atoms with Crippen molar-refractivity contribution >= 4 is 17.7 Å². The van der Waals surface area contributed by atoms with E-state index in [0.717, 1.165) is 36.5 Å². The van der Waals surface area contributed by atoms with Gasteiger partial charge in [-0.15, -0.1) is 11.8 Å². The molecule has 19 heavy (non-hydrogen) atoms. The molecule has 1 atom stereocenters. The number of nitrogens with zero attached hydrogens (tertiary/aromatic N) is 2. The van der Waals surface area contributed by atoms with Crippen molar-refractivity contribution in [3.63, 3.8) is 0 Å². The summed E-state index contributed by atoms with van der Waals surface area (Å²) in [5, 5.41) is 7.37. The van der Waals surface area contributed by atoms with Crippen molar-refractivity contribution in [3.8, 4) is 0 Å². The molecule has 0 aliphatic rings. The first-order valence-electron chi connectivity index (χ1n) is 6.64. The number of hydrogen-bond donors (Lipinski definition) is 2. The van der Waals surface area contributed by atoms with Gasteiger partial charge >= 0.3 is 0 Å². The number of nitrogens with one attached hydrogen (secondary N) is 1. The van der Waals surface area contributed by atoms with E-state index >= 15 is 0 Å². The summed E-state index contributed by atoms with van der Waals surface area (Å²) < 4.78 is 1.79. The first-order valence-corrected chi connectivity index (χ1v) is 7.63. The topological polar surface area (TPSA) is 72.9 Å². The van der Waals surface area contributed by atoms with Crippen LogP contribution in [0.2, 0.25) is 0 Å². The Labute approximate surface area is 119 Å². The minimum Gasteiger partial charge on any atom is -0.368 e. The average molecular weight is 284 g/mol. The molecule has 1 unspecified atom stereocenters. The zero-order valence-electron chi connectivity index (χ0n) is 12.0. The summed E-state index contributed by atoms with van der Waals surface area (Å²) in [5.74, 6) is 0.690. The molecule has 0 aliphatic heterocycles. The number of rotatable bonds is 9. The van der Waals surface area contributed by atoms with E-state index in [1.165, 1.54) is 0 Å². The lowest BCUT2D eigenvalue weighted by Gasteiger charge is -2.27. The Balaban J connectivity index is 2.34. The number of carbonyl (C=O) groups excluding carboxylic acids is 1. The van der Waals surface area contributed by atoms with Gasteiger partial charge < -0.3 is 11.1 Å². The minimum absolute atomic E-state index is 0.271. The summed E-state index contributed by atoms with van der Waals surface area (Å²) in [6, 6.07) is 0. The van der Waals surface area contributed by atoms with Gasteiger partial charge in [0.15, 0.2) is 0 Å². The smallest absolute Gasteiger partial charge is 0.237 e. The van der Waals surface area contributed by atoms with E-state index in [2.05, 4.69) is 17.3 Å². The molecule has 0 bridgehead atoms. The molecule has 0 saturated heterocycles. The summed E-state index contributed by atoms with van der Waals surface area (Å²) in [4.78, 5) is 12.7. The molecule has 1 aromatic rings. The quantitative estimate of drug-likeness (QED) is 0.533. The van der Waals surface area contributed by atoms with Gasteiger partial charge in [0.05, 0.1) is 11.7 Å². The van der Waals surface area contributed by atoms with Gasteiger partial charge in [-0.2, -0.15) is 5.10 Å². The molecule has 1 aromatic heterocycles. The molecule has 1 amide bonds. The van der Waals surface area contributed by atoms with Gasteiger partial charge in [-0.1, -0.05) is 6.92 Å². The second-order valence-corrected chi connectivity index (χ2v) is 6.09. The molecular formula is C13H24N4OS. The summed E-state index contributed by atoms with van der Waals surface area (Å²) >= 11 is 1.75. The molecule has 0 radical (unpaired) electrons. The fourth-order valence-corrected chi connectivity index (χ4v) is 2.66. The van der Waals surface area contributed by atoms with Crippen LogP contribution in [0.15, 0.2) is 17.3 Å². The van der Waals surface area contributed by atoms with Crippen molar-refractivity contribution in [3.05, 3.63) is 12.4 Å². The van der Waals surface area contributed by atoms with Crippen LogP contribution < -0.4 is 11.1 Å². The lowest BCUT2D eigenvalue weighted by Crippen LogP contribution is -2.53. The zero-order chi connectivity index (χ0) is 14.3. The molecule has 3 N–H and O–H groups in total. The van der Waals surface area contributed by atoms with Crippen LogP contribution in [0.3, 0.4) is 0 Å². The summed E-state index contributed by atoms with van der Waals surface area (Å²) in [5.41, 5.74) is 4.90. The van der Waals surface area contributed by atoms with Gasteiger partial charge in [-0.05, 0) is 38.5 Å². The van der Waals surface area contributed by atoms with Crippen LogP contribution >= 0.6 is 11.8 Å². The van der Waals surface area contributed by atoms with E-state index in [-0.39, 0.29) is 5.91 Å². The van der Waals surface area contributed by atoms with Crippen molar-refractivity contribution in [2.24, 2.45) is 12.8 Å². The Morgan fingerprint density at radius 1 is 1.63 bits per heavy atom. The molecule has 1 rings (SSSR count). The average Bonchev–Trinajstić information content (AvgIpc) is 2.78. The lowest BCUT2D eigenvalue weighted by molar-refractivity contribution is -0.124. The van der Waals surface area contributed by atoms with Gasteiger partial charge in [0.2, 0.25) is 5.91 Å². The Morgan fingerprint density at radius 3 is 2.89 bits per heavy atom. The van der Waals surface area contributed by atoms with E-state index in [1.54, 1.807) is 16.4 Å². The Hall–Kier alpha value is -1.01. The molecule has 6 heteroatoms. The number of aryl methyl sites for hydroxylation is 1. The molecule has 0 aliphatic carbocycles. The lowest BCUT2D eigenvalue weighted by atomic mass is 9.95. The molecule has 1 heterocycles. The van der Waals surface area contributed by atoms with E-state index in [0.29, 0.717) is 0 Å². The second kappa shape index (κ2) is 7.55. The number of thioether (sulfide) groups is 1. The monoisotopic (exact) mass is 284 g/mol.